The first-order valence-electron chi connectivity index (χ1n) is 5.61. The van der Waals surface area contributed by atoms with Crippen molar-refractivity contribution < 1.29 is 9.21 Å². The summed E-state index contributed by atoms with van der Waals surface area (Å²) in [5.74, 6) is 0.441. The van der Waals surface area contributed by atoms with Gasteiger partial charge >= 0.3 is 0 Å². The van der Waals surface area contributed by atoms with Gasteiger partial charge in [-0.15, -0.1) is 0 Å². The molecule has 0 spiro atoms. The number of hydrogen-bond acceptors (Lipinski definition) is 4. The minimum absolute atomic E-state index is 0.441. The van der Waals surface area contributed by atoms with Crippen LogP contribution in [0.5, 0.6) is 0 Å². The van der Waals surface area contributed by atoms with Crippen molar-refractivity contribution in [2.24, 2.45) is 4.99 Å². The molecule has 0 saturated carbocycles. The van der Waals surface area contributed by atoms with Crippen LogP contribution in [0, 0.1) is 3.57 Å². The maximum atomic E-state index is 10.3. The minimum Gasteiger partial charge on any atom is -0.436 e. The number of benzene rings is 2. The number of hydrogen-bond donors (Lipinski definition) is 0. The first kappa shape index (κ1) is 13.3. The molecule has 0 N–H and O–H groups in total. The number of fused-ring (bicyclic) bond motifs is 1. The quantitative estimate of drug-likeness (QED) is 0.358. The lowest BCUT2D eigenvalue weighted by Gasteiger charge is -1.99. The number of rotatable bonds is 2. The largest absolute Gasteiger partial charge is 0.436 e. The number of halogens is 2. The van der Waals surface area contributed by atoms with E-state index >= 15 is 0 Å². The standard InChI is InChI=1S/C14H6ClIN2O2/c15-11-3-1-8(16)5-10(11)14-18-12-6-9(17-7-19)2-4-13(12)20-14/h1-6H. The molecule has 20 heavy (non-hydrogen) atoms. The summed E-state index contributed by atoms with van der Waals surface area (Å²) in [4.78, 5) is 18.2. The van der Waals surface area contributed by atoms with E-state index in [4.69, 9.17) is 16.0 Å². The van der Waals surface area contributed by atoms with Crippen LogP contribution in [0.15, 0.2) is 45.8 Å². The van der Waals surface area contributed by atoms with Crippen LogP contribution in [0.4, 0.5) is 5.69 Å². The highest BCUT2D eigenvalue weighted by Gasteiger charge is 2.12. The summed E-state index contributed by atoms with van der Waals surface area (Å²) in [6.45, 7) is 0. The molecule has 0 aliphatic heterocycles. The zero-order valence-corrected chi connectivity index (χ0v) is 12.8. The molecule has 3 aromatic rings. The molecule has 0 amide bonds. The van der Waals surface area contributed by atoms with Crippen molar-refractivity contribution in [1.29, 1.82) is 0 Å². The third-order valence-corrected chi connectivity index (χ3v) is 3.71. The van der Waals surface area contributed by atoms with Gasteiger partial charge in [-0.25, -0.2) is 9.78 Å². The van der Waals surface area contributed by atoms with Crippen LogP contribution in [-0.2, 0) is 4.79 Å². The maximum absolute atomic E-state index is 10.3. The molecule has 0 radical (unpaired) electrons. The molecule has 98 valence electrons. The predicted octanol–water partition coefficient (Wildman–Crippen LogP) is 4.72. The third kappa shape index (κ3) is 2.47. The van der Waals surface area contributed by atoms with E-state index in [1.807, 2.05) is 12.1 Å². The molecule has 3 rings (SSSR count). The Hall–Kier alpha value is -1.69. The van der Waals surface area contributed by atoms with E-state index in [0.29, 0.717) is 27.7 Å². The minimum atomic E-state index is 0.441. The molecule has 6 heteroatoms. The van der Waals surface area contributed by atoms with Gasteiger partial charge in [0.25, 0.3) is 0 Å². The van der Waals surface area contributed by atoms with Crippen molar-refractivity contribution in [3.8, 4) is 11.5 Å². The highest BCUT2D eigenvalue weighted by molar-refractivity contribution is 14.1. The fourth-order valence-electron chi connectivity index (χ4n) is 1.81. The van der Waals surface area contributed by atoms with Crippen molar-refractivity contribution in [2.45, 2.75) is 0 Å². The summed E-state index contributed by atoms with van der Waals surface area (Å²) in [7, 11) is 0. The average Bonchev–Trinajstić information content (AvgIpc) is 2.85. The molecule has 0 bridgehead atoms. The van der Waals surface area contributed by atoms with Gasteiger partial charge in [0.1, 0.15) is 5.52 Å². The predicted molar refractivity (Wildman–Crippen MR) is 85.0 cm³/mol. The van der Waals surface area contributed by atoms with Crippen LogP contribution in [0.3, 0.4) is 0 Å². The summed E-state index contributed by atoms with van der Waals surface area (Å²) < 4.78 is 6.72. The number of carbonyl (C=O) groups excluding carboxylic acids is 1. The Labute approximate surface area is 132 Å². The first-order chi connectivity index (χ1) is 9.67. The number of aromatic nitrogens is 1. The lowest BCUT2D eigenvalue weighted by atomic mass is 10.2. The molecular formula is C14H6ClIN2O2. The first-order valence-corrected chi connectivity index (χ1v) is 7.07. The summed E-state index contributed by atoms with van der Waals surface area (Å²) >= 11 is 8.36. The van der Waals surface area contributed by atoms with E-state index in [9.17, 15) is 4.79 Å². The van der Waals surface area contributed by atoms with Crippen LogP contribution in [0.25, 0.3) is 22.6 Å². The molecule has 0 unspecified atom stereocenters. The summed E-state index contributed by atoms with van der Waals surface area (Å²) in [6, 6.07) is 10.6. The van der Waals surface area contributed by atoms with Crippen molar-refractivity contribution >= 4 is 57.1 Å². The van der Waals surface area contributed by atoms with Gasteiger partial charge in [0, 0.05) is 3.57 Å². The number of aliphatic imine (C=N–C) groups is 1. The van der Waals surface area contributed by atoms with Gasteiger partial charge in [-0.3, -0.25) is 0 Å². The van der Waals surface area contributed by atoms with Crippen molar-refractivity contribution in [2.75, 3.05) is 0 Å². The SMILES string of the molecule is O=C=Nc1ccc2oc(-c3cc(I)ccc3Cl)nc2c1. The second-order valence-electron chi connectivity index (χ2n) is 4.00. The third-order valence-electron chi connectivity index (χ3n) is 2.70. The lowest BCUT2D eigenvalue weighted by Crippen LogP contribution is -1.81. The van der Waals surface area contributed by atoms with Gasteiger partial charge < -0.3 is 4.42 Å². The highest BCUT2D eigenvalue weighted by atomic mass is 127. The number of nitrogens with zero attached hydrogens (tertiary/aromatic N) is 2. The van der Waals surface area contributed by atoms with Gasteiger partial charge in [0.05, 0.1) is 16.3 Å². The molecule has 1 heterocycles. The van der Waals surface area contributed by atoms with Crippen LogP contribution in [-0.4, -0.2) is 11.1 Å². The Morgan fingerprint density at radius 2 is 2.10 bits per heavy atom. The monoisotopic (exact) mass is 396 g/mol. The van der Waals surface area contributed by atoms with Crippen LogP contribution < -0.4 is 0 Å². The second kappa shape index (κ2) is 5.36. The Kier molecular flexibility index (Phi) is 3.56. The molecule has 0 atom stereocenters. The van der Waals surface area contributed by atoms with Gasteiger partial charge in [-0.05, 0) is 59.0 Å². The molecule has 4 nitrogen and oxygen atoms in total. The molecular weight excluding hydrogens is 391 g/mol. The Morgan fingerprint density at radius 1 is 1.25 bits per heavy atom. The molecule has 0 aliphatic rings. The number of oxazole rings is 1. The van der Waals surface area contributed by atoms with E-state index in [1.165, 1.54) is 6.08 Å². The smallest absolute Gasteiger partial charge is 0.240 e. The van der Waals surface area contributed by atoms with Crippen LogP contribution in [0.2, 0.25) is 5.02 Å². The molecule has 0 fully saturated rings. The Balaban J connectivity index is 2.17. The maximum Gasteiger partial charge on any atom is 0.240 e. The summed E-state index contributed by atoms with van der Waals surface area (Å²) in [5, 5.41) is 0.572. The van der Waals surface area contributed by atoms with Crippen molar-refractivity contribution in [3.05, 3.63) is 45.0 Å². The van der Waals surface area contributed by atoms with E-state index in [1.54, 1.807) is 24.3 Å². The van der Waals surface area contributed by atoms with Crippen molar-refractivity contribution in [3.63, 3.8) is 0 Å². The molecule has 0 saturated heterocycles. The number of isocyanates is 1. The van der Waals surface area contributed by atoms with Crippen LogP contribution in [0.1, 0.15) is 0 Å². The van der Waals surface area contributed by atoms with Gasteiger partial charge in [0.15, 0.2) is 5.58 Å². The fourth-order valence-corrected chi connectivity index (χ4v) is 2.50. The van der Waals surface area contributed by atoms with E-state index in [2.05, 4.69) is 32.6 Å². The highest BCUT2D eigenvalue weighted by Crippen LogP contribution is 2.32. The van der Waals surface area contributed by atoms with E-state index in [0.717, 1.165) is 9.13 Å². The van der Waals surface area contributed by atoms with Gasteiger partial charge in [-0.2, -0.15) is 4.99 Å². The molecule has 0 aliphatic carbocycles. The normalized spacial score (nSPS) is 10.5. The molecule has 1 aromatic heterocycles. The van der Waals surface area contributed by atoms with Gasteiger partial charge in [0.2, 0.25) is 12.0 Å². The fraction of sp³-hybridized carbons (Fsp3) is 0. The lowest BCUT2D eigenvalue weighted by molar-refractivity contribution is 0.565. The Bertz CT molecular complexity index is 854. The second-order valence-corrected chi connectivity index (χ2v) is 5.65. The van der Waals surface area contributed by atoms with Crippen LogP contribution >= 0.6 is 34.2 Å². The Morgan fingerprint density at radius 3 is 2.90 bits per heavy atom. The van der Waals surface area contributed by atoms with E-state index in [-0.39, 0.29) is 0 Å². The van der Waals surface area contributed by atoms with Crippen molar-refractivity contribution in [1.82, 2.24) is 4.98 Å². The van der Waals surface area contributed by atoms with Gasteiger partial charge in [-0.1, -0.05) is 11.6 Å². The van der Waals surface area contributed by atoms with E-state index < -0.39 is 0 Å². The average molecular weight is 397 g/mol. The summed E-state index contributed by atoms with van der Waals surface area (Å²) in [5.41, 5.74) is 2.45. The zero-order chi connectivity index (χ0) is 14.1. The zero-order valence-electron chi connectivity index (χ0n) is 9.93. The summed E-state index contributed by atoms with van der Waals surface area (Å²) in [6.07, 6.45) is 1.50. The molecule has 2 aromatic carbocycles. The topological polar surface area (TPSA) is 55.5 Å².